The van der Waals surface area contributed by atoms with Gasteiger partial charge >= 0.3 is 5.97 Å². The van der Waals surface area contributed by atoms with Gasteiger partial charge in [0.1, 0.15) is 0 Å². The Hall–Kier alpha value is -2.12. The Morgan fingerprint density at radius 3 is 2.88 bits per heavy atom. The summed E-state index contributed by atoms with van der Waals surface area (Å²) in [5.41, 5.74) is 1.88. The Kier molecular flexibility index (Phi) is 4.35. The molecule has 0 radical (unpaired) electrons. The lowest BCUT2D eigenvalue weighted by Gasteiger charge is -2.30. The highest BCUT2D eigenvalue weighted by Gasteiger charge is 2.28. The number of halogens is 1. The standard InChI is InChI=1S/C17H17ClN4O2S/c1-24-15(23)12-3-2-8-21(9-12)17-20-22-10-14(19-16(22)25-17)11-4-6-13(18)7-5-11/h4-7,10,12H,2-3,8-9H2,1H3/t12-/m0/s1. The number of nitrogens with zero attached hydrogens (tertiary/aromatic N) is 4. The van der Waals surface area contributed by atoms with Crippen molar-refractivity contribution in [2.45, 2.75) is 12.8 Å². The number of anilines is 1. The topological polar surface area (TPSA) is 59.7 Å². The second-order valence-electron chi connectivity index (χ2n) is 6.05. The van der Waals surface area contributed by atoms with Crippen molar-refractivity contribution >= 4 is 39.0 Å². The van der Waals surface area contributed by atoms with E-state index < -0.39 is 0 Å². The minimum absolute atomic E-state index is 0.0837. The molecule has 130 valence electrons. The van der Waals surface area contributed by atoms with Crippen LogP contribution >= 0.6 is 22.9 Å². The average Bonchev–Trinajstić information content (AvgIpc) is 3.21. The number of piperidine rings is 1. The maximum Gasteiger partial charge on any atom is 0.310 e. The predicted molar refractivity (Wildman–Crippen MR) is 98.3 cm³/mol. The third-order valence-electron chi connectivity index (χ3n) is 4.40. The van der Waals surface area contributed by atoms with Crippen LogP contribution in [0.1, 0.15) is 12.8 Å². The highest BCUT2D eigenvalue weighted by Crippen LogP contribution is 2.30. The molecule has 0 spiro atoms. The number of ether oxygens (including phenoxy) is 1. The fourth-order valence-electron chi connectivity index (χ4n) is 3.09. The minimum Gasteiger partial charge on any atom is -0.469 e. The zero-order chi connectivity index (χ0) is 17.4. The molecule has 0 unspecified atom stereocenters. The number of hydrogen-bond acceptors (Lipinski definition) is 6. The Labute approximate surface area is 154 Å². The molecule has 4 rings (SSSR count). The molecule has 3 heterocycles. The van der Waals surface area contributed by atoms with Gasteiger partial charge in [-0.2, -0.15) is 0 Å². The van der Waals surface area contributed by atoms with Gasteiger partial charge < -0.3 is 9.64 Å². The maximum absolute atomic E-state index is 11.8. The molecule has 8 heteroatoms. The second-order valence-corrected chi connectivity index (χ2v) is 7.42. The van der Waals surface area contributed by atoms with Gasteiger partial charge in [-0.3, -0.25) is 4.79 Å². The van der Waals surface area contributed by atoms with E-state index in [9.17, 15) is 4.79 Å². The van der Waals surface area contributed by atoms with Crippen LogP contribution in [0.5, 0.6) is 0 Å². The molecule has 1 saturated heterocycles. The van der Waals surface area contributed by atoms with Crippen LogP contribution in [0.15, 0.2) is 30.5 Å². The normalized spacial score (nSPS) is 17.8. The summed E-state index contributed by atoms with van der Waals surface area (Å²) in [6.45, 7) is 1.54. The zero-order valence-corrected chi connectivity index (χ0v) is 15.3. The molecular formula is C17H17ClN4O2S. The molecule has 1 aromatic carbocycles. The van der Waals surface area contributed by atoms with Crippen molar-refractivity contribution in [2.75, 3.05) is 25.1 Å². The third kappa shape index (κ3) is 3.21. The van der Waals surface area contributed by atoms with Crippen LogP contribution in [0, 0.1) is 5.92 Å². The molecule has 0 bridgehead atoms. The summed E-state index contributed by atoms with van der Waals surface area (Å²) >= 11 is 7.47. The summed E-state index contributed by atoms with van der Waals surface area (Å²) in [6, 6.07) is 7.59. The molecule has 3 aromatic rings. The van der Waals surface area contributed by atoms with E-state index in [0.717, 1.165) is 40.7 Å². The van der Waals surface area contributed by atoms with E-state index in [2.05, 4.69) is 15.0 Å². The van der Waals surface area contributed by atoms with Crippen molar-refractivity contribution in [3.05, 3.63) is 35.5 Å². The number of rotatable bonds is 3. The van der Waals surface area contributed by atoms with Gasteiger partial charge in [0.2, 0.25) is 10.1 Å². The molecule has 0 aliphatic carbocycles. The fourth-order valence-corrected chi connectivity index (χ4v) is 4.13. The van der Waals surface area contributed by atoms with Crippen LogP contribution in [0.25, 0.3) is 16.2 Å². The van der Waals surface area contributed by atoms with Crippen molar-refractivity contribution in [2.24, 2.45) is 5.92 Å². The van der Waals surface area contributed by atoms with Gasteiger partial charge in [0.15, 0.2) is 0 Å². The molecule has 1 aliphatic rings. The van der Waals surface area contributed by atoms with E-state index in [0.29, 0.717) is 11.6 Å². The van der Waals surface area contributed by atoms with E-state index in [4.69, 9.17) is 16.3 Å². The highest BCUT2D eigenvalue weighted by atomic mass is 35.5. The highest BCUT2D eigenvalue weighted by molar-refractivity contribution is 7.20. The molecule has 1 fully saturated rings. The largest absolute Gasteiger partial charge is 0.469 e. The minimum atomic E-state index is -0.143. The van der Waals surface area contributed by atoms with Gasteiger partial charge in [0.25, 0.3) is 0 Å². The number of benzene rings is 1. The Bertz CT molecular complexity index is 874. The van der Waals surface area contributed by atoms with Gasteiger partial charge in [-0.15, -0.1) is 5.10 Å². The molecule has 25 heavy (non-hydrogen) atoms. The van der Waals surface area contributed by atoms with E-state index in [1.165, 1.54) is 18.4 Å². The molecule has 1 aliphatic heterocycles. The molecule has 1 atom stereocenters. The van der Waals surface area contributed by atoms with Crippen LogP contribution in [-0.4, -0.2) is 40.8 Å². The van der Waals surface area contributed by atoms with Crippen LogP contribution in [-0.2, 0) is 9.53 Å². The number of carbonyl (C=O) groups excluding carboxylic acids is 1. The smallest absolute Gasteiger partial charge is 0.310 e. The summed E-state index contributed by atoms with van der Waals surface area (Å²) in [4.78, 5) is 19.4. The molecule has 0 amide bonds. The van der Waals surface area contributed by atoms with Gasteiger partial charge in [-0.25, -0.2) is 9.50 Å². The van der Waals surface area contributed by atoms with Gasteiger partial charge in [-0.05, 0) is 25.0 Å². The number of carbonyl (C=O) groups is 1. The van der Waals surface area contributed by atoms with Crippen LogP contribution in [0.3, 0.4) is 0 Å². The Morgan fingerprint density at radius 2 is 2.16 bits per heavy atom. The first kappa shape index (κ1) is 16.4. The Morgan fingerprint density at radius 1 is 1.36 bits per heavy atom. The maximum atomic E-state index is 11.8. The lowest BCUT2D eigenvalue weighted by atomic mass is 9.99. The number of imidazole rings is 1. The lowest BCUT2D eigenvalue weighted by Crippen LogP contribution is -2.39. The van der Waals surface area contributed by atoms with E-state index >= 15 is 0 Å². The number of aromatic nitrogens is 3. The Balaban J connectivity index is 1.57. The van der Waals surface area contributed by atoms with Crippen molar-refractivity contribution < 1.29 is 9.53 Å². The number of methoxy groups -OCH3 is 1. The van der Waals surface area contributed by atoms with Crippen LogP contribution < -0.4 is 4.90 Å². The van der Waals surface area contributed by atoms with Crippen LogP contribution in [0.4, 0.5) is 5.13 Å². The van der Waals surface area contributed by atoms with Gasteiger partial charge in [0.05, 0.1) is 24.9 Å². The first-order valence-electron chi connectivity index (χ1n) is 8.09. The summed E-state index contributed by atoms with van der Waals surface area (Å²) in [6.07, 6.45) is 3.74. The third-order valence-corrected chi connectivity index (χ3v) is 5.63. The molecule has 0 saturated carbocycles. The monoisotopic (exact) mass is 376 g/mol. The number of hydrogen-bond donors (Lipinski definition) is 0. The molecule has 0 N–H and O–H groups in total. The van der Waals surface area contributed by atoms with E-state index in [1.807, 2.05) is 30.5 Å². The SMILES string of the molecule is COC(=O)[C@H]1CCCN(c2nn3cc(-c4ccc(Cl)cc4)nc3s2)C1. The first-order chi connectivity index (χ1) is 12.1. The van der Waals surface area contributed by atoms with E-state index in [-0.39, 0.29) is 11.9 Å². The summed E-state index contributed by atoms with van der Waals surface area (Å²) in [7, 11) is 1.44. The van der Waals surface area contributed by atoms with Crippen LogP contribution in [0.2, 0.25) is 5.02 Å². The first-order valence-corrected chi connectivity index (χ1v) is 9.28. The van der Waals surface area contributed by atoms with Gasteiger partial charge in [-0.1, -0.05) is 35.1 Å². The molecular weight excluding hydrogens is 360 g/mol. The lowest BCUT2D eigenvalue weighted by molar-refractivity contribution is -0.145. The van der Waals surface area contributed by atoms with E-state index in [1.54, 1.807) is 4.52 Å². The number of esters is 1. The average molecular weight is 377 g/mol. The molecule has 2 aromatic heterocycles. The van der Waals surface area contributed by atoms with Crippen molar-refractivity contribution in [1.82, 2.24) is 14.6 Å². The fraction of sp³-hybridized carbons (Fsp3) is 0.353. The second kappa shape index (κ2) is 6.65. The van der Waals surface area contributed by atoms with Crippen molar-refractivity contribution in [1.29, 1.82) is 0 Å². The summed E-state index contributed by atoms with van der Waals surface area (Å²) in [5, 5.41) is 6.23. The van der Waals surface area contributed by atoms with Gasteiger partial charge in [0, 0.05) is 23.7 Å². The summed E-state index contributed by atoms with van der Waals surface area (Å²) in [5.74, 6) is -0.226. The van der Waals surface area contributed by atoms with Crippen molar-refractivity contribution in [3.8, 4) is 11.3 Å². The summed E-state index contributed by atoms with van der Waals surface area (Å²) < 4.78 is 6.68. The zero-order valence-electron chi connectivity index (χ0n) is 13.7. The number of fused-ring (bicyclic) bond motifs is 1. The molecule has 6 nitrogen and oxygen atoms in total. The predicted octanol–water partition coefficient (Wildman–Crippen LogP) is 3.50. The quantitative estimate of drug-likeness (QED) is 0.655. The van der Waals surface area contributed by atoms with Crippen molar-refractivity contribution in [3.63, 3.8) is 0 Å².